The van der Waals surface area contributed by atoms with E-state index in [-0.39, 0.29) is 0 Å². The molecule has 6 heteroatoms. The van der Waals surface area contributed by atoms with Crippen molar-refractivity contribution in [2.45, 2.75) is 12.7 Å². The summed E-state index contributed by atoms with van der Waals surface area (Å²) in [5.41, 5.74) is 2.93. The molecule has 104 valence electrons. The first kappa shape index (κ1) is 13.3. The van der Waals surface area contributed by atoms with E-state index < -0.39 is 12.4 Å². The van der Waals surface area contributed by atoms with E-state index in [2.05, 4.69) is 5.32 Å². The van der Waals surface area contributed by atoms with E-state index in [0.29, 0.717) is 11.4 Å². The molecule has 0 saturated carbocycles. The Morgan fingerprint density at radius 1 is 1.55 bits per heavy atom. The van der Waals surface area contributed by atoms with Crippen molar-refractivity contribution >= 4 is 29.0 Å². The van der Waals surface area contributed by atoms with E-state index in [1.807, 2.05) is 29.0 Å². The molecule has 20 heavy (non-hydrogen) atoms. The van der Waals surface area contributed by atoms with Crippen LogP contribution in [0.1, 0.15) is 5.56 Å². The van der Waals surface area contributed by atoms with E-state index in [1.54, 1.807) is 11.3 Å². The summed E-state index contributed by atoms with van der Waals surface area (Å²) >= 11 is 7.76. The standard InChI is InChI=1S/C14H12ClNO3S/c1-16-14(17)19-12-5-9-4-10(15)6-11(13(9)18-12)8-2-3-20-7-8/h2-4,6-7,12H,5H2,1H3,(H,16,17). The molecular formula is C14H12ClNO3S. The minimum atomic E-state index is -0.610. The largest absolute Gasteiger partial charge is 0.453 e. The van der Waals surface area contributed by atoms with E-state index in [4.69, 9.17) is 21.1 Å². The molecule has 0 radical (unpaired) electrons. The second-order valence-corrected chi connectivity index (χ2v) is 5.58. The number of carbonyl (C=O) groups is 1. The number of fused-ring (bicyclic) bond motifs is 1. The van der Waals surface area contributed by atoms with Gasteiger partial charge in [-0.05, 0) is 34.5 Å². The number of amides is 1. The van der Waals surface area contributed by atoms with Crippen LogP contribution in [0.3, 0.4) is 0 Å². The third kappa shape index (κ3) is 2.46. The Kier molecular flexibility index (Phi) is 3.54. The van der Waals surface area contributed by atoms with Gasteiger partial charge in [-0.3, -0.25) is 0 Å². The fourth-order valence-electron chi connectivity index (χ4n) is 2.17. The minimum Gasteiger partial charge on any atom is -0.453 e. The minimum absolute atomic E-state index is 0.500. The molecule has 1 amide bonds. The van der Waals surface area contributed by atoms with Crippen molar-refractivity contribution in [3.05, 3.63) is 39.5 Å². The summed E-state index contributed by atoms with van der Waals surface area (Å²) in [6.07, 6.45) is -0.618. The molecule has 1 atom stereocenters. The second kappa shape index (κ2) is 5.34. The lowest BCUT2D eigenvalue weighted by atomic mass is 10.0. The Labute approximate surface area is 125 Å². The van der Waals surface area contributed by atoms with E-state index in [9.17, 15) is 4.79 Å². The molecule has 2 aromatic rings. The molecule has 1 aromatic heterocycles. The number of nitrogens with one attached hydrogen (secondary N) is 1. The molecule has 1 unspecified atom stereocenters. The summed E-state index contributed by atoms with van der Waals surface area (Å²) in [4.78, 5) is 11.3. The van der Waals surface area contributed by atoms with Gasteiger partial charge in [0.15, 0.2) is 0 Å². The molecule has 0 bridgehead atoms. The van der Waals surface area contributed by atoms with Crippen LogP contribution in [-0.2, 0) is 11.2 Å². The van der Waals surface area contributed by atoms with Crippen molar-refractivity contribution in [2.24, 2.45) is 0 Å². The molecule has 0 fully saturated rings. The Morgan fingerprint density at radius 3 is 3.10 bits per heavy atom. The van der Waals surface area contributed by atoms with Crippen molar-refractivity contribution in [1.82, 2.24) is 5.32 Å². The maximum Gasteiger partial charge on any atom is 0.409 e. The summed E-state index contributed by atoms with van der Waals surface area (Å²) in [6, 6.07) is 5.72. The van der Waals surface area contributed by atoms with Crippen molar-refractivity contribution < 1.29 is 14.3 Å². The summed E-state index contributed by atoms with van der Waals surface area (Å²) in [7, 11) is 1.51. The SMILES string of the molecule is CNC(=O)OC1Cc2cc(Cl)cc(-c3ccsc3)c2O1. The topological polar surface area (TPSA) is 47.6 Å². The van der Waals surface area contributed by atoms with Gasteiger partial charge in [0.1, 0.15) is 5.75 Å². The van der Waals surface area contributed by atoms with Crippen LogP contribution in [0.4, 0.5) is 4.79 Å². The van der Waals surface area contributed by atoms with Crippen LogP contribution in [0.2, 0.25) is 5.02 Å². The molecule has 4 nitrogen and oxygen atoms in total. The van der Waals surface area contributed by atoms with Crippen LogP contribution in [0.5, 0.6) is 5.75 Å². The Hall–Kier alpha value is -1.72. The van der Waals surface area contributed by atoms with Crippen LogP contribution in [0.15, 0.2) is 29.0 Å². The summed E-state index contributed by atoms with van der Waals surface area (Å²) in [5.74, 6) is 0.738. The normalized spacial score (nSPS) is 16.4. The number of benzene rings is 1. The van der Waals surface area contributed by atoms with Crippen molar-refractivity contribution in [3.63, 3.8) is 0 Å². The van der Waals surface area contributed by atoms with Crippen molar-refractivity contribution in [2.75, 3.05) is 7.05 Å². The highest BCUT2D eigenvalue weighted by Gasteiger charge is 2.29. The number of ether oxygens (including phenoxy) is 2. The van der Waals surface area contributed by atoms with Crippen LogP contribution < -0.4 is 10.1 Å². The first-order valence-corrected chi connectivity index (χ1v) is 7.39. The van der Waals surface area contributed by atoms with Gasteiger partial charge in [0.25, 0.3) is 0 Å². The molecule has 1 aliphatic heterocycles. The van der Waals surface area contributed by atoms with Crippen LogP contribution in [0.25, 0.3) is 11.1 Å². The predicted molar refractivity (Wildman–Crippen MR) is 78.4 cm³/mol. The first-order valence-electron chi connectivity index (χ1n) is 6.07. The lowest BCUT2D eigenvalue weighted by Crippen LogP contribution is -2.28. The molecule has 0 saturated heterocycles. The molecule has 0 spiro atoms. The maximum atomic E-state index is 11.3. The number of carbonyl (C=O) groups excluding carboxylic acids is 1. The molecule has 1 aromatic carbocycles. The molecular weight excluding hydrogens is 298 g/mol. The first-order chi connectivity index (χ1) is 9.67. The number of thiophene rings is 1. The summed E-state index contributed by atoms with van der Waals surface area (Å²) < 4.78 is 10.9. The monoisotopic (exact) mass is 309 g/mol. The average Bonchev–Trinajstić information content (AvgIpc) is 3.06. The maximum absolute atomic E-state index is 11.3. The average molecular weight is 310 g/mol. The zero-order valence-electron chi connectivity index (χ0n) is 10.7. The van der Waals surface area contributed by atoms with Crippen molar-refractivity contribution in [3.8, 4) is 16.9 Å². The fourth-order valence-corrected chi connectivity index (χ4v) is 3.07. The number of hydrogen-bond acceptors (Lipinski definition) is 4. The number of halogens is 1. The fraction of sp³-hybridized carbons (Fsp3) is 0.214. The van der Waals surface area contributed by atoms with Gasteiger partial charge in [-0.1, -0.05) is 11.6 Å². The van der Waals surface area contributed by atoms with Crippen LogP contribution >= 0.6 is 22.9 Å². The van der Waals surface area contributed by atoms with Gasteiger partial charge in [0, 0.05) is 23.2 Å². The summed E-state index contributed by atoms with van der Waals surface area (Å²) in [5, 5.41) is 7.08. The predicted octanol–water partition coefficient (Wildman–Crippen LogP) is 3.69. The van der Waals surface area contributed by atoms with E-state index in [0.717, 1.165) is 22.4 Å². The Morgan fingerprint density at radius 2 is 2.40 bits per heavy atom. The zero-order valence-corrected chi connectivity index (χ0v) is 12.3. The van der Waals surface area contributed by atoms with Gasteiger partial charge in [-0.2, -0.15) is 11.3 Å². The molecule has 0 aliphatic carbocycles. The molecule has 3 rings (SSSR count). The molecule has 1 N–H and O–H groups in total. The zero-order chi connectivity index (χ0) is 14.1. The lowest BCUT2D eigenvalue weighted by molar-refractivity contribution is -0.0153. The van der Waals surface area contributed by atoms with E-state index in [1.165, 1.54) is 7.05 Å². The third-order valence-corrected chi connectivity index (χ3v) is 3.94. The van der Waals surface area contributed by atoms with Crippen LogP contribution in [-0.4, -0.2) is 19.4 Å². The van der Waals surface area contributed by atoms with Crippen molar-refractivity contribution in [1.29, 1.82) is 0 Å². The summed E-state index contributed by atoms with van der Waals surface area (Å²) in [6.45, 7) is 0. The van der Waals surface area contributed by atoms with Gasteiger partial charge < -0.3 is 14.8 Å². The lowest BCUT2D eigenvalue weighted by Gasteiger charge is -2.12. The number of alkyl carbamates (subject to hydrolysis) is 1. The van der Waals surface area contributed by atoms with E-state index >= 15 is 0 Å². The molecule has 2 heterocycles. The number of rotatable bonds is 2. The third-order valence-electron chi connectivity index (χ3n) is 3.04. The van der Waals surface area contributed by atoms with Gasteiger partial charge in [0.05, 0.1) is 6.42 Å². The highest BCUT2D eigenvalue weighted by molar-refractivity contribution is 7.08. The second-order valence-electron chi connectivity index (χ2n) is 4.36. The highest BCUT2D eigenvalue weighted by atomic mass is 35.5. The smallest absolute Gasteiger partial charge is 0.409 e. The van der Waals surface area contributed by atoms with Gasteiger partial charge in [-0.15, -0.1) is 0 Å². The Balaban J connectivity index is 1.93. The van der Waals surface area contributed by atoms with Gasteiger partial charge in [0.2, 0.25) is 6.29 Å². The van der Waals surface area contributed by atoms with Gasteiger partial charge >= 0.3 is 6.09 Å². The number of hydrogen-bond donors (Lipinski definition) is 1. The molecule has 1 aliphatic rings. The van der Waals surface area contributed by atoms with Gasteiger partial charge in [-0.25, -0.2) is 4.79 Å². The van der Waals surface area contributed by atoms with Crippen LogP contribution in [0, 0.1) is 0 Å². The Bertz CT molecular complexity index is 642. The quantitative estimate of drug-likeness (QED) is 0.920. The highest BCUT2D eigenvalue weighted by Crippen LogP contribution is 2.41.